The minimum Gasteiger partial charge on any atom is -0.488 e. The molecule has 0 saturated carbocycles. The number of fused-ring (bicyclic) bond motifs is 1. The van der Waals surface area contributed by atoms with Gasteiger partial charge in [-0.3, -0.25) is 14.7 Å². The number of nitrogens with one attached hydrogen (secondary N) is 2. The van der Waals surface area contributed by atoms with E-state index in [9.17, 15) is 27.9 Å². The highest BCUT2D eigenvalue weighted by Gasteiger charge is 2.32. The van der Waals surface area contributed by atoms with E-state index in [2.05, 4.69) is 20.5 Å². The molecule has 2 heterocycles. The smallest absolute Gasteiger partial charge is 0.416 e. The second-order valence-corrected chi connectivity index (χ2v) is 10.9. The van der Waals surface area contributed by atoms with Crippen molar-refractivity contribution in [3.8, 4) is 5.75 Å². The molecule has 4 rings (SSSR count). The number of aliphatic hydroxyl groups excluding tert-OH is 1. The zero-order valence-corrected chi connectivity index (χ0v) is 24.3. The van der Waals surface area contributed by atoms with Crippen molar-refractivity contribution in [3.63, 3.8) is 0 Å². The molecule has 3 N–H and O–H groups in total. The molecule has 0 saturated heterocycles. The molecule has 43 heavy (non-hydrogen) atoms. The number of ether oxygens (including phenoxy) is 1. The number of alkyl halides is 3. The van der Waals surface area contributed by atoms with Crippen LogP contribution >= 0.6 is 0 Å². The Bertz CT molecular complexity index is 1390. The summed E-state index contributed by atoms with van der Waals surface area (Å²) < 4.78 is 45.1. The number of rotatable bonds is 8. The molecule has 230 valence electrons. The Morgan fingerprint density at radius 3 is 2.42 bits per heavy atom. The average Bonchev–Trinajstić information content (AvgIpc) is 3.00. The lowest BCUT2D eigenvalue weighted by Gasteiger charge is -2.34. The molecule has 0 unspecified atom stereocenters. The second kappa shape index (κ2) is 13.9. The van der Waals surface area contributed by atoms with Crippen molar-refractivity contribution in [1.29, 1.82) is 0 Å². The fourth-order valence-corrected chi connectivity index (χ4v) is 4.93. The van der Waals surface area contributed by atoms with Gasteiger partial charge in [-0.1, -0.05) is 6.92 Å². The number of aliphatic hydroxyl groups is 1. The van der Waals surface area contributed by atoms with E-state index >= 15 is 0 Å². The minimum atomic E-state index is -4.48. The number of carbonyl (C=O) groups is 2. The van der Waals surface area contributed by atoms with Crippen molar-refractivity contribution in [2.24, 2.45) is 5.92 Å². The molecule has 1 aliphatic rings. The Morgan fingerprint density at radius 1 is 1.12 bits per heavy atom. The Morgan fingerprint density at radius 2 is 1.77 bits per heavy atom. The van der Waals surface area contributed by atoms with Crippen molar-refractivity contribution < 1.29 is 32.6 Å². The molecule has 3 aromatic rings. The number of amides is 3. The fraction of sp³-hybridized carbons (Fsp3) is 0.387. The van der Waals surface area contributed by atoms with Gasteiger partial charge < -0.3 is 25.4 Å². The number of hydrogen-bond donors (Lipinski definition) is 3. The van der Waals surface area contributed by atoms with Gasteiger partial charge in [-0.2, -0.15) is 13.2 Å². The number of benzene rings is 2. The van der Waals surface area contributed by atoms with Crippen LogP contribution in [-0.4, -0.2) is 70.7 Å². The number of halogens is 3. The fourth-order valence-electron chi connectivity index (χ4n) is 4.93. The van der Waals surface area contributed by atoms with Crippen molar-refractivity contribution in [2.45, 2.75) is 45.1 Å². The van der Waals surface area contributed by atoms with Crippen molar-refractivity contribution >= 4 is 23.3 Å². The maximum Gasteiger partial charge on any atom is 0.416 e. The van der Waals surface area contributed by atoms with E-state index in [1.54, 1.807) is 42.4 Å². The molecule has 0 fully saturated rings. The molecule has 0 aliphatic carbocycles. The summed E-state index contributed by atoms with van der Waals surface area (Å²) in [4.78, 5) is 33.9. The highest BCUT2D eigenvalue weighted by molar-refractivity contribution is 6.00. The quantitative estimate of drug-likeness (QED) is 0.336. The Kier molecular flexibility index (Phi) is 10.3. The van der Waals surface area contributed by atoms with Gasteiger partial charge in [0.15, 0.2) is 0 Å². The monoisotopic (exact) mass is 599 g/mol. The number of nitrogens with zero attached hydrogens (tertiary/aromatic N) is 3. The number of carbonyl (C=O) groups excluding carboxylic acids is 2. The van der Waals surface area contributed by atoms with Gasteiger partial charge in [0.25, 0.3) is 0 Å². The summed E-state index contributed by atoms with van der Waals surface area (Å²) in [6.45, 7) is 5.25. The molecule has 1 aliphatic heterocycles. The lowest BCUT2D eigenvalue weighted by Crippen LogP contribution is -2.47. The van der Waals surface area contributed by atoms with E-state index in [1.165, 1.54) is 12.1 Å². The molecule has 0 radical (unpaired) electrons. The molecule has 2 aromatic carbocycles. The van der Waals surface area contributed by atoms with E-state index in [0.29, 0.717) is 36.6 Å². The van der Waals surface area contributed by atoms with Crippen LogP contribution in [0.15, 0.2) is 67.0 Å². The van der Waals surface area contributed by atoms with Crippen LogP contribution in [0, 0.1) is 5.92 Å². The largest absolute Gasteiger partial charge is 0.488 e. The van der Waals surface area contributed by atoms with E-state index in [1.807, 2.05) is 26.1 Å². The van der Waals surface area contributed by atoms with Crippen LogP contribution in [0.2, 0.25) is 0 Å². The van der Waals surface area contributed by atoms with Gasteiger partial charge in [0, 0.05) is 54.9 Å². The second-order valence-electron chi connectivity index (χ2n) is 10.9. The van der Waals surface area contributed by atoms with Crippen LogP contribution in [-0.2, 0) is 23.9 Å². The summed E-state index contributed by atoms with van der Waals surface area (Å²) in [6, 6.07) is 11.9. The summed E-state index contributed by atoms with van der Waals surface area (Å²) in [5, 5.41) is 15.0. The molecular formula is C31H36F3N5O4. The number of likely N-dealkylation sites (N-methyl/N-ethyl adjacent to an activating group) is 1. The third-order valence-electron chi connectivity index (χ3n) is 7.34. The SMILES string of the molecule is C[C@H](CO)N1C[C@H](C)[C@@H](CN(C)Cc2ccncc2)Oc2ccc(NC(=O)Nc3ccc(C(F)(F)F)cc3)cc2CC1=O. The van der Waals surface area contributed by atoms with Crippen LogP contribution in [0.25, 0.3) is 0 Å². The predicted octanol–water partition coefficient (Wildman–Crippen LogP) is 5.03. The molecule has 1 aromatic heterocycles. The summed E-state index contributed by atoms with van der Waals surface area (Å²) in [7, 11) is 1.99. The molecule has 3 amide bonds. The summed E-state index contributed by atoms with van der Waals surface area (Å²) in [6.07, 6.45) is -1.30. The maximum atomic E-state index is 13.4. The van der Waals surface area contributed by atoms with Gasteiger partial charge in [-0.25, -0.2) is 4.79 Å². The van der Waals surface area contributed by atoms with E-state index < -0.39 is 23.8 Å². The average molecular weight is 600 g/mol. The number of hydrogen-bond acceptors (Lipinski definition) is 6. The Labute approximate surface area is 248 Å². The van der Waals surface area contributed by atoms with Gasteiger partial charge >= 0.3 is 12.2 Å². The van der Waals surface area contributed by atoms with Gasteiger partial charge in [0.05, 0.1) is 24.6 Å². The van der Waals surface area contributed by atoms with Crippen LogP contribution in [0.3, 0.4) is 0 Å². The molecule has 0 bridgehead atoms. The molecule has 12 heteroatoms. The Balaban J connectivity index is 1.53. The molecule has 3 atom stereocenters. The van der Waals surface area contributed by atoms with Crippen molar-refractivity contribution in [1.82, 2.24) is 14.8 Å². The lowest BCUT2D eigenvalue weighted by molar-refractivity contribution is -0.137. The van der Waals surface area contributed by atoms with Gasteiger partial charge in [-0.15, -0.1) is 0 Å². The van der Waals surface area contributed by atoms with E-state index in [0.717, 1.165) is 17.7 Å². The first-order valence-electron chi connectivity index (χ1n) is 14.0. The van der Waals surface area contributed by atoms with Gasteiger partial charge in [0.2, 0.25) is 5.91 Å². The van der Waals surface area contributed by atoms with Crippen molar-refractivity contribution in [3.05, 3.63) is 83.7 Å². The van der Waals surface area contributed by atoms with Gasteiger partial charge in [-0.05, 0) is 74.1 Å². The highest BCUT2D eigenvalue weighted by Crippen LogP contribution is 2.31. The van der Waals surface area contributed by atoms with Crippen LogP contribution in [0.5, 0.6) is 5.75 Å². The first-order valence-corrected chi connectivity index (χ1v) is 14.0. The molecule has 0 spiro atoms. The lowest BCUT2D eigenvalue weighted by atomic mass is 10.0. The number of urea groups is 1. The number of anilines is 2. The van der Waals surface area contributed by atoms with Gasteiger partial charge in [0.1, 0.15) is 11.9 Å². The van der Waals surface area contributed by atoms with Crippen molar-refractivity contribution in [2.75, 3.05) is 37.4 Å². The van der Waals surface area contributed by atoms with Crippen LogP contribution in [0.1, 0.15) is 30.5 Å². The standard InChI is InChI=1S/C31H36F3N5O4/c1-20-16-39(21(2)19-40)29(41)15-23-14-26(37-30(42)36-25-6-4-24(5-7-25)31(32,33)34)8-9-27(23)43-28(20)18-38(3)17-22-10-12-35-13-11-22/h4-14,20-21,28,40H,15-19H2,1-3H3,(H2,36,37,42)/t20-,21+,28+/m0/s1. The van der Waals surface area contributed by atoms with E-state index in [4.69, 9.17) is 4.74 Å². The number of pyridine rings is 1. The number of aromatic nitrogens is 1. The Hall–Kier alpha value is -4.16. The zero-order valence-electron chi connectivity index (χ0n) is 24.3. The first kappa shape index (κ1) is 31.8. The maximum absolute atomic E-state index is 13.4. The topological polar surface area (TPSA) is 107 Å². The first-order chi connectivity index (χ1) is 20.4. The minimum absolute atomic E-state index is 0.0119. The summed E-state index contributed by atoms with van der Waals surface area (Å²) in [5.74, 6) is 0.251. The van der Waals surface area contributed by atoms with Crippen LogP contribution in [0.4, 0.5) is 29.3 Å². The van der Waals surface area contributed by atoms with E-state index in [-0.39, 0.29) is 36.6 Å². The molecule has 9 nitrogen and oxygen atoms in total. The summed E-state index contributed by atoms with van der Waals surface area (Å²) >= 11 is 0. The third kappa shape index (κ3) is 8.68. The predicted molar refractivity (Wildman–Crippen MR) is 157 cm³/mol. The highest BCUT2D eigenvalue weighted by atomic mass is 19.4. The summed E-state index contributed by atoms with van der Waals surface area (Å²) in [5.41, 5.74) is 1.41. The van der Waals surface area contributed by atoms with Crippen LogP contribution < -0.4 is 15.4 Å². The third-order valence-corrected chi connectivity index (χ3v) is 7.34. The zero-order chi connectivity index (χ0) is 31.1. The normalized spacial score (nSPS) is 18.1. The molecular weight excluding hydrogens is 563 g/mol.